The van der Waals surface area contributed by atoms with Gasteiger partial charge in [-0.2, -0.15) is 0 Å². The van der Waals surface area contributed by atoms with Crippen LogP contribution in [0.2, 0.25) is 0 Å². The van der Waals surface area contributed by atoms with E-state index in [0.29, 0.717) is 11.5 Å². The first-order valence-corrected chi connectivity index (χ1v) is 14.7. The van der Waals surface area contributed by atoms with Crippen LogP contribution in [0.3, 0.4) is 0 Å². The van der Waals surface area contributed by atoms with Crippen LogP contribution in [0, 0.1) is 11.2 Å². The molecule has 0 radical (unpaired) electrons. The van der Waals surface area contributed by atoms with Crippen LogP contribution < -0.4 is 10.6 Å². The molecule has 0 amide bonds. The maximum Gasteiger partial charge on any atom is 0.142 e. The summed E-state index contributed by atoms with van der Waals surface area (Å²) in [5.74, 6) is 1.41. The van der Waals surface area contributed by atoms with Crippen molar-refractivity contribution in [3.63, 3.8) is 0 Å². The molecule has 2 atom stereocenters. The predicted octanol–water partition coefficient (Wildman–Crippen LogP) is 6.31. The molecule has 7 rings (SSSR count). The second-order valence-corrected chi connectivity index (χ2v) is 12.5. The zero-order chi connectivity index (χ0) is 28.1. The van der Waals surface area contributed by atoms with E-state index in [1.54, 1.807) is 6.20 Å². The standard InChI is InChI=1S/C33H36FN7/c1-19-4-7-27(23-8-11-38-31-24(23)13-28(40-31)21-12-22(34)15-36-14-21)39-32(41-29-9-10-35-18-33(29,2)3)30-25(19)16-37-17-26(30)20-5-6-20/h7-8,11-17,19-20,29,35H,4-6,9-10,18H2,1-3H3,(H,38,40)(H,39,41). The molecule has 0 bridgehead atoms. The Morgan fingerprint density at radius 2 is 1.85 bits per heavy atom. The molecular formula is C33H36FN7. The monoisotopic (exact) mass is 549 g/mol. The van der Waals surface area contributed by atoms with Crippen molar-refractivity contribution in [2.45, 2.75) is 64.3 Å². The number of pyridine rings is 3. The minimum absolute atomic E-state index is 0.0379. The Bertz CT molecular complexity index is 1680. The van der Waals surface area contributed by atoms with Gasteiger partial charge in [0.1, 0.15) is 17.3 Å². The molecule has 1 aliphatic carbocycles. The van der Waals surface area contributed by atoms with Gasteiger partial charge in [-0.25, -0.2) is 9.37 Å². The van der Waals surface area contributed by atoms with Crippen LogP contribution >= 0.6 is 0 Å². The average molecular weight is 550 g/mol. The zero-order valence-electron chi connectivity index (χ0n) is 23.8. The topological polar surface area (TPSA) is 90.9 Å². The summed E-state index contributed by atoms with van der Waals surface area (Å²) in [6.45, 7) is 8.81. The van der Waals surface area contributed by atoms with Gasteiger partial charge >= 0.3 is 0 Å². The second kappa shape index (κ2) is 10.2. The summed E-state index contributed by atoms with van der Waals surface area (Å²) >= 11 is 0. The highest BCUT2D eigenvalue weighted by Gasteiger charge is 2.35. The Kier molecular flexibility index (Phi) is 6.46. The number of aromatic amines is 1. The summed E-state index contributed by atoms with van der Waals surface area (Å²) in [5.41, 5.74) is 8.13. The lowest BCUT2D eigenvalue weighted by Crippen LogP contribution is -2.46. The van der Waals surface area contributed by atoms with E-state index in [1.807, 2.05) is 18.5 Å². The van der Waals surface area contributed by atoms with Crippen molar-refractivity contribution in [2.75, 3.05) is 13.1 Å². The molecule has 4 aromatic heterocycles. The van der Waals surface area contributed by atoms with Crippen molar-refractivity contribution in [3.8, 4) is 11.3 Å². The van der Waals surface area contributed by atoms with Crippen LogP contribution in [0.1, 0.15) is 80.5 Å². The number of fused-ring (bicyclic) bond motifs is 2. The average Bonchev–Trinajstić information content (AvgIpc) is 3.71. The lowest BCUT2D eigenvalue weighted by atomic mass is 9.80. The largest absolute Gasteiger partial charge is 0.340 e. The van der Waals surface area contributed by atoms with Crippen molar-refractivity contribution in [1.82, 2.24) is 30.6 Å². The van der Waals surface area contributed by atoms with Gasteiger partial charge in [-0.05, 0) is 78.8 Å². The number of aliphatic imine (C=N–C) groups is 1. The first-order chi connectivity index (χ1) is 19.9. The minimum Gasteiger partial charge on any atom is -0.340 e. The van der Waals surface area contributed by atoms with E-state index in [-0.39, 0.29) is 23.2 Å². The van der Waals surface area contributed by atoms with Gasteiger partial charge < -0.3 is 15.6 Å². The lowest BCUT2D eigenvalue weighted by molar-refractivity contribution is 0.223. The number of allylic oxidation sites excluding steroid dienone is 1. The van der Waals surface area contributed by atoms with Gasteiger partial charge in [0.05, 0.1) is 12.2 Å². The van der Waals surface area contributed by atoms with Crippen LogP contribution in [0.25, 0.3) is 28.0 Å². The van der Waals surface area contributed by atoms with Gasteiger partial charge in [-0.15, -0.1) is 0 Å². The summed E-state index contributed by atoms with van der Waals surface area (Å²) in [5, 5.41) is 8.38. The van der Waals surface area contributed by atoms with Gasteiger partial charge in [0.25, 0.3) is 0 Å². The third-order valence-electron chi connectivity index (χ3n) is 8.92. The molecule has 2 unspecified atom stereocenters. The van der Waals surface area contributed by atoms with Crippen molar-refractivity contribution in [3.05, 3.63) is 83.3 Å². The van der Waals surface area contributed by atoms with Crippen molar-refractivity contribution < 1.29 is 4.39 Å². The highest BCUT2D eigenvalue weighted by atomic mass is 19.1. The normalized spacial score (nSPS) is 23.4. The number of amidine groups is 1. The smallest absolute Gasteiger partial charge is 0.142 e. The molecular weight excluding hydrogens is 513 g/mol. The number of nitrogens with one attached hydrogen (secondary N) is 3. The summed E-state index contributed by atoms with van der Waals surface area (Å²) in [6.07, 6.45) is 15.4. The van der Waals surface area contributed by atoms with Gasteiger partial charge in [-0.3, -0.25) is 15.0 Å². The van der Waals surface area contributed by atoms with Gasteiger partial charge in [0.15, 0.2) is 0 Å². The molecule has 41 heavy (non-hydrogen) atoms. The Balaban J connectivity index is 1.37. The van der Waals surface area contributed by atoms with Crippen molar-refractivity contribution in [1.29, 1.82) is 0 Å². The second-order valence-electron chi connectivity index (χ2n) is 12.5. The summed E-state index contributed by atoms with van der Waals surface area (Å²) in [4.78, 5) is 22.2. The van der Waals surface area contributed by atoms with Crippen LogP contribution in [0.4, 0.5) is 4.39 Å². The van der Waals surface area contributed by atoms with E-state index in [1.165, 1.54) is 41.8 Å². The molecule has 4 aromatic rings. The summed E-state index contributed by atoms with van der Waals surface area (Å²) in [6, 6.07) is 5.77. The predicted molar refractivity (Wildman–Crippen MR) is 161 cm³/mol. The number of rotatable bonds is 4. The number of hydrogen-bond donors (Lipinski definition) is 3. The molecule has 6 heterocycles. The summed E-state index contributed by atoms with van der Waals surface area (Å²) in [7, 11) is 0. The van der Waals surface area contributed by atoms with Crippen LogP contribution in [-0.4, -0.2) is 44.9 Å². The number of halogens is 1. The highest BCUT2D eigenvalue weighted by Crippen LogP contribution is 2.44. The van der Waals surface area contributed by atoms with E-state index < -0.39 is 0 Å². The Labute approximate surface area is 239 Å². The molecule has 1 saturated carbocycles. The van der Waals surface area contributed by atoms with E-state index in [0.717, 1.165) is 59.8 Å². The molecule has 3 aliphatic rings. The van der Waals surface area contributed by atoms with Gasteiger partial charge in [0, 0.05) is 64.8 Å². The molecule has 1 saturated heterocycles. The fourth-order valence-corrected chi connectivity index (χ4v) is 6.31. The first-order valence-electron chi connectivity index (χ1n) is 14.7. The first kappa shape index (κ1) is 26.0. The maximum atomic E-state index is 14.0. The number of nitrogens with zero attached hydrogens (tertiary/aromatic N) is 4. The number of aromatic nitrogens is 4. The Morgan fingerprint density at radius 1 is 1.02 bits per heavy atom. The SMILES string of the molecule is CC1CC=C(c2ccnc3[nH]c(-c4cncc(F)c4)cc23)NC(=NC2CCNCC2(C)C)c2c1cncc2C1CC1. The minimum atomic E-state index is -0.367. The molecule has 2 fully saturated rings. The van der Waals surface area contributed by atoms with Crippen LogP contribution in [0.15, 0.2) is 60.3 Å². The quantitative estimate of drug-likeness (QED) is 0.278. The molecule has 0 aromatic carbocycles. The fraction of sp³-hybridized carbons (Fsp3) is 0.394. The molecule has 2 aliphatic heterocycles. The van der Waals surface area contributed by atoms with E-state index in [9.17, 15) is 4.39 Å². The highest BCUT2D eigenvalue weighted by molar-refractivity contribution is 6.08. The van der Waals surface area contributed by atoms with Crippen LogP contribution in [0.5, 0.6) is 0 Å². The van der Waals surface area contributed by atoms with E-state index in [2.05, 4.69) is 69.7 Å². The fourth-order valence-electron chi connectivity index (χ4n) is 6.31. The molecule has 3 N–H and O–H groups in total. The third kappa shape index (κ3) is 4.95. The van der Waals surface area contributed by atoms with Crippen molar-refractivity contribution >= 4 is 22.6 Å². The molecule has 0 spiro atoms. The van der Waals surface area contributed by atoms with Gasteiger partial charge in [-0.1, -0.05) is 26.8 Å². The third-order valence-corrected chi connectivity index (χ3v) is 8.92. The lowest BCUT2D eigenvalue weighted by Gasteiger charge is -2.37. The van der Waals surface area contributed by atoms with Crippen molar-refractivity contribution in [2.24, 2.45) is 10.4 Å². The zero-order valence-corrected chi connectivity index (χ0v) is 23.8. The number of H-pyrrole nitrogens is 1. The maximum absolute atomic E-state index is 14.0. The van der Waals surface area contributed by atoms with E-state index >= 15 is 0 Å². The molecule has 210 valence electrons. The number of hydrogen-bond acceptors (Lipinski definition) is 5. The summed E-state index contributed by atoms with van der Waals surface area (Å²) < 4.78 is 14.0. The Morgan fingerprint density at radius 3 is 2.66 bits per heavy atom. The number of piperidine rings is 1. The van der Waals surface area contributed by atoms with Crippen LogP contribution in [-0.2, 0) is 0 Å². The van der Waals surface area contributed by atoms with E-state index in [4.69, 9.17) is 4.99 Å². The molecule has 7 nitrogen and oxygen atoms in total. The van der Waals surface area contributed by atoms with Gasteiger partial charge in [0.2, 0.25) is 0 Å². The molecule has 8 heteroatoms. The Hall–Kier alpha value is -3.91.